The van der Waals surface area contributed by atoms with Crippen LogP contribution in [0.25, 0.3) is 0 Å². The third-order valence-electron chi connectivity index (χ3n) is 3.99. The van der Waals surface area contributed by atoms with Gasteiger partial charge >= 0.3 is 17.8 Å². The highest BCUT2D eigenvalue weighted by molar-refractivity contribution is 6.45. The Bertz CT molecular complexity index is 754. The third-order valence-corrected chi connectivity index (χ3v) is 4.73. The topological polar surface area (TPSA) is 78.0 Å². The minimum Gasteiger partial charge on any atom is -0.340 e. The van der Waals surface area contributed by atoms with E-state index in [0.717, 1.165) is 16.9 Å². The molecule has 0 N–H and O–H groups in total. The maximum atomic E-state index is 12.4. The summed E-state index contributed by atoms with van der Waals surface area (Å²) in [6.45, 7) is 1.82. The molecule has 1 aromatic carbocycles. The molecule has 0 aromatic heterocycles. The Morgan fingerprint density at radius 2 is 1.73 bits per heavy atom. The number of imide groups is 2. The zero-order chi connectivity index (χ0) is 19.4. The minimum atomic E-state index is -0.970. The minimum absolute atomic E-state index is 0.170. The van der Waals surface area contributed by atoms with E-state index < -0.39 is 30.3 Å². The molecule has 0 radical (unpaired) electrons. The fourth-order valence-corrected chi connectivity index (χ4v) is 2.78. The first-order chi connectivity index (χ1) is 12.3. The molecule has 1 aromatic rings. The number of benzene rings is 1. The summed E-state index contributed by atoms with van der Waals surface area (Å²) in [4.78, 5) is 51.4. The fraction of sp³-hybridized carbons (Fsp3) is 0.412. The van der Waals surface area contributed by atoms with Crippen molar-refractivity contribution >= 4 is 47.0 Å². The van der Waals surface area contributed by atoms with Crippen molar-refractivity contribution in [3.63, 3.8) is 0 Å². The van der Waals surface area contributed by atoms with Gasteiger partial charge in [-0.05, 0) is 24.1 Å². The smallest absolute Gasteiger partial charge is 0.334 e. The van der Waals surface area contributed by atoms with Crippen LogP contribution in [0.2, 0.25) is 10.0 Å². The van der Waals surface area contributed by atoms with Gasteiger partial charge in [0.15, 0.2) is 0 Å². The summed E-state index contributed by atoms with van der Waals surface area (Å²) in [5.74, 6) is -2.33. The van der Waals surface area contributed by atoms with Crippen LogP contribution in [0.15, 0.2) is 18.2 Å². The lowest BCUT2D eigenvalue weighted by atomic mass is 10.2. The van der Waals surface area contributed by atoms with Crippen molar-refractivity contribution in [1.29, 1.82) is 0 Å². The largest absolute Gasteiger partial charge is 0.340 e. The van der Waals surface area contributed by atoms with E-state index in [9.17, 15) is 19.2 Å². The van der Waals surface area contributed by atoms with Crippen molar-refractivity contribution in [3.05, 3.63) is 33.8 Å². The van der Waals surface area contributed by atoms with Gasteiger partial charge in [-0.15, -0.1) is 0 Å². The Hall–Kier alpha value is -2.12. The van der Waals surface area contributed by atoms with Crippen LogP contribution in [-0.2, 0) is 20.9 Å². The number of unbranched alkanes of at least 4 members (excludes halogenated alkanes) is 1. The van der Waals surface area contributed by atoms with Gasteiger partial charge in [-0.1, -0.05) is 42.6 Å². The Morgan fingerprint density at radius 1 is 1.08 bits per heavy atom. The van der Waals surface area contributed by atoms with Crippen LogP contribution in [0.4, 0.5) is 4.79 Å². The van der Waals surface area contributed by atoms with E-state index in [1.807, 2.05) is 6.92 Å². The van der Waals surface area contributed by atoms with Gasteiger partial charge in [-0.25, -0.2) is 9.69 Å². The van der Waals surface area contributed by atoms with E-state index in [0.29, 0.717) is 21.4 Å². The van der Waals surface area contributed by atoms with Crippen LogP contribution in [0.1, 0.15) is 25.3 Å². The summed E-state index contributed by atoms with van der Waals surface area (Å²) >= 11 is 11.8. The molecular weight excluding hydrogens is 381 g/mol. The zero-order valence-corrected chi connectivity index (χ0v) is 16.0. The highest BCUT2D eigenvalue weighted by Gasteiger charge is 2.44. The molecule has 0 atom stereocenters. The summed E-state index contributed by atoms with van der Waals surface area (Å²) in [6, 6.07) is 4.23. The number of halogens is 2. The van der Waals surface area contributed by atoms with Crippen LogP contribution in [0, 0.1) is 0 Å². The summed E-state index contributed by atoms with van der Waals surface area (Å²) < 4.78 is 0. The number of nitrogens with zero attached hydrogens (tertiary/aromatic N) is 3. The normalized spacial score (nSPS) is 14.4. The van der Waals surface area contributed by atoms with Gasteiger partial charge in [0, 0.05) is 20.1 Å². The SMILES string of the molecule is CCCCN1C(=O)C(=O)N(CC(=O)N(C)Cc2ccc(Cl)c(Cl)c2)C1=O. The Balaban J connectivity index is 2.01. The van der Waals surface area contributed by atoms with Gasteiger partial charge in [-0.3, -0.25) is 19.3 Å². The quantitative estimate of drug-likeness (QED) is 0.521. The number of hydrogen-bond acceptors (Lipinski definition) is 4. The van der Waals surface area contributed by atoms with Crippen molar-refractivity contribution < 1.29 is 19.2 Å². The summed E-state index contributed by atoms with van der Waals surface area (Å²) in [7, 11) is 1.53. The average Bonchev–Trinajstić information content (AvgIpc) is 2.80. The highest BCUT2D eigenvalue weighted by Crippen LogP contribution is 2.23. The van der Waals surface area contributed by atoms with Crippen LogP contribution in [-0.4, -0.2) is 58.6 Å². The second kappa shape index (κ2) is 8.51. The molecule has 1 aliphatic heterocycles. The van der Waals surface area contributed by atoms with E-state index in [2.05, 4.69) is 0 Å². The Morgan fingerprint density at radius 3 is 2.35 bits per heavy atom. The third kappa shape index (κ3) is 4.34. The number of likely N-dealkylation sites (N-methyl/N-ethyl adjacent to an activating group) is 1. The molecule has 2 rings (SSSR count). The molecule has 26 heavy (non-hydrogen) atoms. The van der Waals surface area contributed by atoms with E-state index in [1.165, 1.54) is 11.9 Å². The van der Waals surface area contributed by atoms with Crippen LogP contribution in [0.3, 0.4) is 0 Å². The molecule has 0 unspecified atom stereocenters. The lowest BCUT2D eigenvalue weighted by Crippen LogP contribution is -2.42. The standard InChI is InChI=1S/C17H19Cl2N3O4/c1-3-4-7-21-15(24)16(25)22(17(21)26)10-14(23)20(2)9-11-5-6-12(18)13(19)8-11/h5-6,8H,3-4,7,9-10H2,1-2H3. The predicted molar refractivity (Wildman–Crippen MR) is 96.7 cm³/mol. The zero-order valence-electron chi connectivity index (χ0n) is 14.5. The fourth-order valence-electron chi connectivity index (χ4n) is 2.46. The van der Waals surface area contributed by atoms with Gasteiger partial charge in [0.2, 0.25) is 5.91 Å². The van der Waals surface area contributed by atoms with Gasteiger partial charge in [0.05, 0.1) is 10.0 Å². The number of urea groups is 1. The lowest BCUT2D eigenvalue weighted by Gasteiger charge is -2.21. The van der Waals surface area contributed by atoms with E-state index in [4.69, 9.17) is 23.2 Å². The molecule has 1 fully saturated rings. The molecule has 140 valence electrons. The molecule has 0 bridgehead atoms. The summed E-state index contributed by atoms with van der Waals surface area (Å²) in [5, 5.41) is 0.774. The Labute approximate surface area is 161 Å². The van der Waals surface area contributed by atoms with E-state index in [-0.39, 0.29) is 13.1 Å². The van der Waals surface area contributed by atoms with Crippen molar-refractivity contribution in [3.8, 4) is 0 Å². The van der Waals surface area contributed by atoms with Crippen molar-refractivity contribution in [2.75, 3.05) is 20.1 Å². The van der Waals surface area contributed by atoms with E-state index >= 15 is 0 Å². The van der Waals surface area contributed by atoms with Gasteiger partial charge in [0.25, 0.3) is 0 Å². The summed E-state index contributed by atoms with van der Waals surface area (Å²) in [6.07, 6.45) is 1.38. The first-order valence-corrected chi connectivity index (χ1v) is 8.87. The highest BCUT2D eigenvalue weighted by atomic mass is 35.5. The van der Waals surface area contributed by atoms with Gasteiger partial charge < -0.3 is 4.90 Å². The summed E-state index contributed by atoms with van der Waals surface area (Å²) in [5.41, 5.74) is 0.745. The first kappa shape index (κ1) is 20.2. The van der Waals surface area contributed by atoms with Gasteiger partial charge in [0.1, 0.15) is 6.54 Å². The number of hydrogen-bond donors (Lipinski definition) is 0. The van der Waals surface area contributed by atoms with Crippen molar-refractivity contribution in [2.24, 2.45) is 0 Å². The van der Waals surface area contributed by atoms with E-state index in [1.54, 1.807) is 18.2 Å². The molecule has 7 nitrogen and oxygen atoms in total. The van der Waals surface area contributed by atoms with Crippen LogP contribution in [0.5, 0.6) is 0 Å². The number of carbonyl (C=O) groups is 4. The van der Waals surface area contributed by atoms with Crippen LogP contribution >= 0.6 is 23.2 Å². The molecule has 1 heterocycles. The lowest BCUT2D eigenvalue weighted by molar-refractivity contribution is -0.144. The molecule has 1 saturated heterocycles. The molecule has 0 spiro atoms. The number of rotatable bonds is 7. The molecule has 9 heteroatoms. The first-order valence-electron chi connectivity index (χ1n) is 8.11. The number of amides is 5. The molecule has 1 aliphatic rings. The second-order valence-corrected chi connectivity index (χ2v) is 6.80. The predicted octanol–water partition coefficient (Wildman–Crippen LogP) is 2.54. The molecule has 5 amide bonds. The average molecular weight is 400 g/mol. The van der Waals surface area contributed by atoms with Gasteiger partial charge in [-0.2, -0.15) is 0 Å². The second-order valence-electron chi connectivity index (χ2n) is 5.98. The van der Waals surface area contributed by atoms with Crippen molar-refractivity contribution in [1.82, 2.24) is 14.7 Å². The molecular formula is C17H19Cl2N3O4. The molecule has 0 aliphatic carbocycles. The molecule has 0 saturated carbocycles. The monoisotopic (exact) mass is 399 g/mol. The van der Waals surface area contributed by atoms with Crippen LogP contribution < -0.4 is 0 Å². The van der Waals surface area contributed by atoms with Crippen molar-refractivity contribution in [2.45, 2.75) is 26.3 Å². The maximum Gasteiger partial charge on any atom is 0.334 e. The number of carbonyl (C=O) groups excluding carboxylic acids is 4. The maximum absolute atomic E-state index is 12.4. The Kier molecular flexibility index (Phi) is 6.61.